The Bertz CT molecular complexity index is 857. The average molecular weight is 307 g/mol. The second-order valence-electron chi connectivity index (χ2n) is 5.73. The molecule has 3 heterocycles. The van der Waals surface area contributed by atoms with Crippen LogP contribution in [-0.2, 0) is 16.0 Å². The number of rotatable bonds is 2. The molecule has 0 fully saturated rings. The third-order valence-electron chi connectivity index (χ3n) is 4.41. The first-order valence-electron chi connectivity index (χ1n) is 7.61. The molecule has 5 heteroatoms. The molecule has 0 unspecified atom stereocenters. The second-order valence-corrected chi connectivity index (χ2v) is 5.73. The number of nitrogens with one attached hydrogen (secondary N) is 2. The molecule has 23 heavy (non-hydrogen) atoms. The van der Waals surface area contributed by atoms with Gasteiger partial charge in [0, 0.05) is 35.4 Å². The lowest BCUT2D eigenvalue weighted by molar-refractivity contribution is -0.143. The molecule has 2 atom stereocenters. The minimum Gasteiger partial charge on any atom is -0.468 e. The Hall–Kier alpha value is -2.66. The molecule has 1 aliphatic rings. The molecule has 1 aliphatic heterocycles. The van der Waals surface area contributed by atoms with Crippen molar-refractivity contribution in [3.63, 3.8) is 0 Å². The smallest absolute Gasteiger partial charge is 0.323 e. The molecule has 116 valence electrons. The number of aromatic nitrogens is 2. The van der Waals surface area contributed by atoms with E-state index in [1.165, 1.54) is 12.7 Å². The van der Waals surface area contributed by atoms with Gasteiger partial charge in [0.15, 0.2) is 0 Å². The van der Waals surface area contributed by atoms with E-state index in [9.17, 15) is 4.79 Å². The van der Waals surface area contributed by atoms with E-state index in [-0.39, 0.29) is 18.1 Å². The number of methoxy groups -OCH3 is 1. The Balaban J connectivity index is 1.88. The van der Waals surface area contributed by atoms with Crippen LogP contribution in [0, 0.1) is 0 Å². The summed E-state index contributed by atoms with van der Waals surface area (Å²) >= 11 is 0. The van der Waals surface area contributed by atoms with Crippen LogP contribution in [0.5, 0.6) is 0 Å². The number of carbonyl (C=O) groups is 1. The zero-order chi connectivity index (χ0) is 15.8. The maximum atomic E-state index is 12.1. The van der Waals surface area contributed by atoms with E-state index in [1.807, 2.05) is 30.5 Å². The Morgan fingerprint density at radius 2 is 2.13 bits per heavy atom. The van der Waals surface area contributed by atoms with Gasteiger partial charge in [0.1, 0.15) is 6.04 Å². The number of hydrogen-bond acceptors (Lipinski definition) is 4. The number of nitrogens with zero attached hydrogens (tertiary/aromatic N) is 1. The van der Waals surface area contributed by atoms with Gasteiger partial charge in [0.2, 0.25) is 0 Å². The number of para-hydroxylation sites is 1. The lowest BCUT2D eigenvalue weighted by Crippen LogP contribution is -2.45. The van der Waals surface area contributed by atoms with Crippen LogP contribution >= 0.6 is 0 Å². The number of aromatic amines is 1. The fourth-order valence-corrected chi connectivity index (χ4v) is 3.34. The van der Waals surface area contributed by atoms with Crippen LogP contribution in [0.15, 0.2) is 48.8 Å². The first kappa shape index (κ1) is 14.0. The predicted octanol–water partition coefficient (Wildman–Crippen LogP) is 2.34. The van der Waals surface area contributed by atoms with Gasteiger partial charge in [-0.1, -0.05) is 24.3 Å². The highest BCUT2D eigenvalue weighted by Crippen LogP contribution is 2.35. The SMILES string of the molecule is COC(=O)[C@H]1Cc2c([nH]c3ccccc23)[C@H](c2cccnc2)N1. The molecular formula is C18H17N3O2. The zero-order valence-corrected chi connectivity index (χ0v) is 12.7. The van der Waals surface area contributed by atoms with Crippen LogP contribution in [0.2, 0.25) is 0 Å². The summed E-state index contributed by atoms with van der Waals surface area (Å²) in [7, 11) is 1.42. The number of benzene rings is 1. The van der Waals surface area contributed by atoms with E-state index in [2.05, 4.69) is 27.4 Å². The summed E-state index contributed by atoms with van der Waals surface area (Å²) in [6, 6.07) is 11.6. The summed E-state index contributed by atoms with van der Waals surface area (Å²) in [6.07, 6.45) is 4.19. The molecule has 0 saturated heterocycles. The Morgan fingerprint density at radius 1 is 1.26 bits per heavy atom. The Labute approximate surface area is 133 Å². The third-order valence-corrected chi connectivity index (χ3v) is 4.41. The van der Waals surface area contributed by atoms with E-state index in [4.69, 9.17) is 4.74 Å². The van der Waals surface area contributed by atoms with Crippen LogP contribution in [-0.4, -0.2) is 29.1 Å². The topological polar surface area (TPSA) is 67.0 Å². The Morgan fingerprint density at radius 3 is 2.91 bits per heavy atom. The highest BCUT2D eigenvalue weighted by molar-refractivity contribution is 5.87. The van der Waals surface area contributed by atoms with Gasteiger partial charge in [0.05, 0.1) is 13.2 Å². The number of fused-ring (bicyclic) bond motifs is 3. The van der Waals surface area contributed by atoms with Crippen molar-refractivity contribution in [1.82, 2.24) is 15.3 Å². The molecule has 2 N–H and O–H groups in total. The van der Waals surface area contributed by atoms with Crippen molar-refractivity contribution in [2.45, 2.75) is 18.5 Å². The standard InChI is InChI=1S/C18H17N3O2/c1-23-18(22)15-9-13-12-6-2-3-7-14(12)20-17(13)16(21-15)11-5-4-8-19-10-11/h2-8,10,15-16,20-21H,9H2,1H3/t15-,16+/m1/s1. The number of hydrogen-bond donors (Lipinski definition) is 2. The first-order chi connectivity index (χ1) is 11.3. The molecular weight excluding hydrogens is 290 g/mol. The summed E-state index contributed by atoms with van der Waals surface area (Å²) in [6.45, 7) is 0. The van der Waals surface area contributed by atoms with Crippen LogP contribution in [0.3, 0.4) is 0 Å². The normalized spacial score (nSPS) is 20.2. The van der Waals surface area contributed by atoms with Crippen molar-refractivity contribution in [3.8, 4) is 0 Å². The predicted molar refractivity (Wildman–Crippen MR) is 87.0 cm³/mol. The second kappa shape index (κ2) is 5.52. The van der Waals surface area contributed by atoms with Crippen LogP contribution in [0.4, 0.5) is 0 Å². The molecule has 0 bridgehead atoms. The molecule has 3 aromatic rings. The third kappa shape index (κ3) is 2.29. The van der Waals surface area contributed by atoms with Crippen LogP contribution in [0.25, 0.3) is 10.9 Å². The van der Waals surface area contributed by atoms with Gasteiger partial charge in [-0.2, -0.15) is 0 Å². The molecule has 0 amide bonds. The summed E-state index contributed by atoms with van der Waals surface area (Å²) in [5, 5.41) is 4.55. The van der Waals surface area contributed by atoms with E-state index >= 15 is 0 Å². The van der Waals surface area contributed by atoms with Crippen molar-refractivity contribution in [3.05, 3.63) is 65.6 Å². The summed E-state index contributed by atoms with van der Waals surface area (Å²) < 4.78 is 4.95. The van der Waals surface area contributed by atoms with Crippen molar-refractivity contribution in [1.29, 1.82) is 0 Å². The quantitative estimate of drug-likeness (QED) is 0.713. The van der Waals surface area contributed by atoms with Crippen LogP contribution < -0.4 is 5.32 Å². The van der Waals surface area contributed by atoms with Gasteiger partial charge in [0.25, 0.3) is 0 Å². The molecule has 0 spiro atoms. The largest absolute Gasteiger partial charge is 0.468 e. The maximum absolute atomic E-state index is 12.1. The molecule has 2 aromatic heterocycles. The molecule has 0 radical (unpaired) electrons. The molecule has 0 aliphatic carbocycles. The van der Waals surface area contributed by atoms with Crippen molar-refractivity contribution in [2.24, 2.45) is 0 Å². The number of ether oxygens (including phenoxy) is 1. The average Bonchev–Trinajstić information content (AvgIpc) is 2.99. The Kier molecular flexibility index (Phi) is 3.35. The van der Waals surface area contributed by atoms with E-state index < -0.39 is 0 Å². The van der Waals surface area contributed by atoms with Gasteiger partial charge in [-0.05, 0) is 23.3 Å². The van der Waals surface area contributed by atoms with Gasteiger partial charge in [-0.3, -0.25) is 15.1 Å². The minimum absolute atomic E-state index is 0.107. The molecule has 1 aromatic carbocycles. The number of carbonyl (C=O) groups excluding carboxylic acids is 1. The highest BCUT2D eigenvalue weighted by atomic mass is 16.5. The summed E-state index contributed by atoms with van der Waals surface area (Å²) in [4.78, 5) is 19.8. The summed E-state index contributed by atoms with van der Waals surface area (Å²) in [5.74, 6) is -0.241. The highest BCUT2D eigenvalue weighted by Gasteiger charge is 2.34. The van der Waals surface area contributed by atoms with E-state index in [0.29, 0.717) is 6.42 Å². The number of pyridine rings is 1. The van der Waals surface area contributed by atoms with Crippen molar-refractivity contribution < 1.29 is 9.53 Å². The molecule has 5 nitrogen and oxygen atoms in total. The molecule has 0 saturated carbocycles. The van der Waals surface area contributed by atoms with Gasteiger partial charge in [-0.25, -0.2) is 0 Å². The fourth-order valence-electron chi connectivity index (χ4n) is 3.34. The van der Waals surface area contributed by atoms with Crippen LogP contribution in [0.1, 0.15) is 22.9 Å². The van der Waals surface area contributed by atoms with Gasteiger partial charge >= 0.3 is 5.97 Å². The van der Waals surface area contributed by atoms with E-state index in [1.54, 1.807) is 6.20 Å². The lowest BCUT2D eigenvalue weighted by atomic mass is 9.91. The van der Waals surface area contributed by atoms with Gasteiger partial charge < -0.3 is 9.72 Å². The zero-order valence-electron chi connectivity index (χ0n) is 12.7. The monoisotopic (exact) mass is 307 g/mol. The minimum atomic E-state index is -0.364. The molecule has 4 rings (SSSR count). The van der Waals surface area contributed by atoms with E-state index in [0.717, 1.165) is 22.2 Å². The van der Waals surface area contributed by atoms with Crippen molar-refractivity contribution in [2.75, 3.05) is 7.11 Å². The number of H-pyrrole nitrogens is 1. The van der Waals surface area contributed by atoms with Crippen molar-refractivity contribution >= 4 is 16.9 Å². The lowest BCUT2D eigenvalue weighted by Gasteiger charge is -2.30. The summed E-state index contributed by atoms with van der Waals surface area (Å²) in [5.41, 5.74) is 4.37. The first-order valence-corrected chi connectivity index (χ1v) is 7.61. The van der Waals surface area contributed by atoms with Gasteiger partial charge in [-0.15, -0.1) is 0 Å². The number of esters is 1. The maximum Gasteiger partial charge on any atom is 0.323 e. The fraction of sp³-hybridized carbons (Fsp3) is 0.222.